The molecule has 0 bridgehead atoms. The number of carbonyl (C=O) groups is 1. The lowest BCUT2D eigenvalue weighted by molar-refractivity contribution is 0.102. The minimum absolute atomic E-state index is 0.338. The van der Waals surface area contributed by atoms with E-state index < -0.39 is 0 Å². The number of thiazole rings is 1. The summed E-state index contributed by atoms with van der Waals surface area (Å²) in [4.78, 5) is 17.3. The summed E-state index contributed by atoms with van der Waals surface area (Å²) in [7, 11) is 4.50. The second kappa shape index (κ2) is 8.41. The Kier molecular flexibility index (Phi) is 5.98. The highest BCUT2D eigenvalue weighted by molar-refractivity contribution is 9.10. The van der Waals surface area contributed by atoms with Gasteiger partial charge in [0.05, 0.1) is 37.1 Å². The van der Waals surface area contributed by atoms with Gasteiger partial charge in [0.25, 0.3) is 5.91 Å². The van der Waals surface area contributed by atoms with Crippen molar-refractivity contribution in [3.05, 3.63) is 51.8 Å². The summed E-state index contributed by atoms with van der Waals surface area (Å²) in [5.74, 6) is 0.844. The van der Waals surface area contributed by atoms with Gasteiger partial charge in [-0.3, -0.25) is 10.1 Å². The van der Waals surface area contributed by atoms with Gasteiger partial charge in [0.2, 0.25) is 5.75 Å². The Morgan fingerprint density at radius 1 is 1.07 bits per heavy atom. The fourth-order valence-corrected chi connectivity index (χ4v) is 3.87. The van der Waals surface area contributed by atoms with Crippen molar-refractivity contribution in [2.75, 3.05) is 26.6 Å². The van der Waals surface area contributed by atoms with Crippen LogP contribution in [0.15, 0.2) is 46.3 Å². The zero-order valence-electron chi connectivity index (χ0n) is 14.9. The zero-order chi connectivity index (χ0) is 19.4. The number of amides is 1. The number of nitrogens with one attached hydrogen (secondary N) is 1. The second-order valence-electron chi connectivity index (χ2n) is 5.36. The SMILES string of the molecule is COc1cc(C(=O)Nc2nc(-c3ccccc3)cs2)c(Br)c(OC)c1OC. The molecule has 2 aromatic carbocycles. The fourth-order valence-electron chi connectivity index (χ4n) is 2.52. The molecule has 140 valence electrons. The molecule has 0 aliphatic rings. The Labute approximate surface area is 169 Å². The lowest BCUT2D eigenvalue weighted by Crippen LogP contribution is -2.13. The van der Waals surface area contributed by atoms with E-state index in [9.17, 15) is 4.79 Å². The molecule has 0 aliphatic heterocycles. The number of nitrogens with zero attached hydrogens (tertiary/aromatic N) is 1. The first kappa shape index (κ1) is 19.2. The molecule has 8 heteroatoms. The van der Waals surface area contributed by atoms with Gasteiger partial charge in [-0.15, -0.1) is 11.3 Å². The van der Waals surface area contributed by atoms with Crippen LogP contribution in [0.1, 0.15) is 10.4 Å². The van der Waals surface area contributed by atoms with E-state index in [-0.39, 0.29) is 5.91 Å². The molecular formula is C19H17BrN2O4S. The zero-order valence-corrected chi connectivity index (χ0v) is 17.3. The summed E-state index contributed by atoms with van der Waals surface area (Å²) in [6.45, 7) is 0. The number of aromatic nitrogens is 1. The van der Waals surface area contributed by atoms with E-state index in [1.165, 1.54) is 32.7 Å². The van der Waals surface area contributed by atoms with E-state index in [4.69, 9.17) is 14.2 Å². The summed E-state index contributed by atoms with van der Waals surface area (Å²) in [5, 5.41) is 5.21. The van der Waals surface area contributed by atoms with Crippen LogP contribution in [0.5, 0.6) is 17.2 Å². The standard InChI is InChI=1S/C19H17BrN2O4S/c1-24-14-9-12(15(20)17(26-3)16(14)25-2)18(23)22-19-21-13(10-27-19)11-7-5-4-6-8-11/h4-10H,1-3H3,(H,21,22,23). The molecule has 0 spiro atoms. The van der Waals surface area contributed by atoms with Crippen LogP contribution in [0, 0.1) is 0 Å². The molecule has 0 unspecified atom stereocenters. The summed E-state index contributed by atoms with van der Waals surface area (Å²) in [5.41, 5.74) is 2.14. The number of hydrogen-bond donors (Lipinski definition) is 1. The molecule has 0 atom stereocenters. The Bertz CT molecular complexity index is 960. The Hall–Kier alpha value is -2.58. The van der Waals surface area contributed by atoms with Gasteiger partial charge in [-0.2, -0.15) is 0 Å². The third-order valence-corrected chi connectivity index (χ3v) is 5.35. The lowest BCUT2D eigenvalue weighted by Gasteiger charge is -2.16. The summed E-state index contributed by atoms with van der Waals surface area (Å²) < 4.78 is 16.5. The molecule has 0 fully saturated rings. The van der Waals surface area contributed by atoms with Crippen molar-refractivity contribution in [3.63, 3.8) is 0 Å². The third-order valence-electron chi connectivity index (χ3n) is 3.81. The molecule has 1 heterocycles. The topological polar surface area (TPSA) is 69.7 Å². The second-order valence-corrected chi connectivity index (χ2v) is 7.02. The Morgan fingerprint density at radius 3 is 2.41 bits per heavy atom. The average molecular weight is 449 g/mol. The maximum Gasteiger partial charge on any atom is 0.258 e. The summed E-state index contributed by atoms with van der Waals surface area (Å²) in [6, 6.07) is 11.4. The predicted octanol–water partition coefficient (Wildman–Crippen LogP) is 4.85. The Balaban J connectivity index is 1.90. The van der Waals surface area contributed by atoms with Gasteiger partial charge in [-0.1, -0.05) is 30.3 Å². The lowest BCUT2D eigenvalue weighted by atomic mass is 10.1. The molecule has 0 radical (unpaired) electrons. The van der Waals surface area contributed by atoms with Crippen molar-refractivity contribution in [1.82, 2.24) is 4.98 Å². The molecule has 3 rings (SSSR count). The van der Waals surface area contributed by atoms with Crippen molar-refractivity contribution in [2.45, 2.75) is 0 Å². The van der Waals surface area contributed by atoms with Crippen molar-refractivity contribution >= 4 is 38.3 Å². The van der Waals surface area contributed by atoms with Crippen LogP contribution >= 0.6 is 27.3 Å². The summed E-state index contributed by atoms with van der Waals surface area (Å²) >= 11 is 4.77. The predicted molar refractivity (Wildman–Crippen MR) is 109 cm³/mol. The van der Waals surface area contributed by atoms with Crippen molar-refractivity contribution in [2.24, 2.45) is 0 Å². The number of hydrogen-bond acceptors (Lipinski definition) is 6. The molecule has 0 aliphatic carbocycles. The first-order valence-corrected chi connectivity index (χ1v) is 9.57. The van der Waals surface area contributed by atoms with Gasteiger partial charge in [0.1, 0.15) is 0 Å². The number of ether oxygens (including phenoxy) is 3. The maximum absolute atomic E-state index is 12.8. The van der Waals surface area contributed by atoms with E-state index in [2.05, 4.69) is 26.2 Å². The van der Waals surface area contributed by atoms with Crippen molar-refractivity contribution < 1.29 is 19.0 Å². The number of methoxy groups -OCH3 is 3. The van der Waals surface area contributed by atoms with Gasteiger partial charge in [-0.25, -0.2) is 4.98 Å². The molecule has 3 aromatic rings. The van der Waals surface area contributed by atoms with Crippen LogP contribution in [0.3, 0.4) is 0 Å². The normalized spacial score (nSPS) is 10.4. The molecule has 1 N–H and O–H groups in total. The molecule has 0 saturated carbocycles. The van der Waals surface area contributed by atoms with Crippen LogP contribution in [0.25, 0.3) is 11.3 Å². The minimum Gasteiger partial charge on any atom is -0.493 e. The molecule has 27 heavy (non-hydrogen) atoms. The number of anilines is 1. The van der Waals surface area contributed by atoms with Crippen LogP contribution in [0.2, 0.25) is 0 Å². The third kappa shape index (κ3) is 3.91. The molecule has 0 saturated heterocycles. The molecule has 6 nitrogen and oxygen atoms in total. The average Bonchev–Trinajstić information content (AvgIpc) is 3.16. The highest BCUT2D eigenvalue weighted by atomic mass is 79.9. The van der Waals surface area contributed by atoms with Crippen LogP contribution in [-0.4, -0.2) is 32.2 Å². The van der Waals surface area contributed by atoms with Crippen LogP contribution in [-0.2, 0) is 0 Å². The maximum atomic E-state index is 12.8. The first-order chi connectivity index (χ1) is 13.1. The van der Waals surface area contributed by atoms with Crippen molar-refractivity contribution in [1.29, 1.82) is 0 Å². The largest absolute Gasteiger partial charge is 0.493 e. The quantitative estimate of drug-likeness (QED) is 0.583. The van der Waals surface area contributed by atoms with Crippen molar-refractivity contribution in [3.8, 4) is 28.5 Å². The van der Waals surface area contributed by atoms with Gasteiger partial charge >= 0.3 is 0 Å². The van der Waals surface area contributed by atoms with Crippen LogP contribution in [0.4, 0.5) is 5.13 Å². The first-order valence-electron chi connectivity index (χ1n) is 7.89. The van der Waals surface area contributed by atoms with Gasteiger partial charge in [0.15, 0.2) is 16.6 Å². The van der Waals surface area contributed by atoms with Gasteiger partial charge in [0, 0.05) is 10.9 Å². The smallest absolute Gasteiger partial charge is 0.258 e. The van der Waals surface area contributed by atoms with E-state index in [0.29, 0.717) is 32.4 Å². The number of benzene rings is 2. The van der Waals surface area contributed by atoms with E-state index in [0.717, 1.165) is 11.3 Å². The van der Waals surface area contributed by atoms with E-state index >= 15 is 0 Å². The summed E-state index contributed by atoms with van der Waals surface area (Å²) in [6.07, 6.45) is 0. The monoisotopic (exact) mass is 448 g/mol. The minimum atomic E-state index is -0.338. The Morgan fingerprint density at radius 2 is 1.78 bits per heavy atom. The molecule has 1 amide bonds. The number of carbonyl (C=O) groups excluding carboxylic acids is 1. The number of halogens is 1. The fraction of sp³-hybridized carbons (Fsp3) is 0.158. The van der Waals surface area contributed by atoms with Crippen LogP contribution < -0.4 is 19.5 Å². The van der Waals surface area contributed by atoms with Gasteiger partial charge in [-0.05, 0) is 22.0 Å². The molecule has 1 aromatic heterocycles. The highest BCUT2D eigenvalue weighted by Crippen LogP contribution is 2.44. The highest BCUT2D eigenvalue weighted by Gasteiger charge is 2.23. The van der Waals surface area contributed by atoms with E-state index in [1.54, 1.807) is 6.07 Å². The molecular weight excluding hydrogens is 432 g/mol. The van der Waals surface area contributed by atoms with E-state index in [1.807, 2.05) is 35.7 Å². The van der Waals surface area contributed by atoms with Gasteiger partial charge < -0.3 is 14.2 Å². The number of rotatable bonds is 6.